The van der Waals surface area contributed by atoms with Gasteiger partial charge in [0.1, 0.15) is 0 Å². The van der Waals surface area contributed by atoms with Crippen LogP contribution in [0.4, 0.5) is 0 Å². The Hall–Kier alpha value is -0.130. The molecule has 0 radical (unpaired) electrons. The van der Waals surface area contributed by atoms with Crippen LogP contribution in [0.3, 0.4) is 0 Å². The van der Waals surface area contributed by atoms with E-state index in [4.69, 9.17) is 4.74 Å². The van der Waals surface area contributed by atoms with E-state index in [1.807, 2.05) is 0 Å². The molecule has 94 valence electrons. The van der Waals surface area contributed by atoms with E-state index >= 15 is 0 Å². The Morgan fingerprint density at radius 3 is 2.81 bits per heavy atom. The van der Waals surface area contributed by atoms with Crippen molar-refractivity contribution in [1.29, 1.82) is 0 Å². The zero-order valence-corrected chi connectivity index (χ0v) is 10.5. The highest BCUT2D eigenvalue weighted by Gasteiger charge is 2.27. The molecule has 0 aromatic rings. The van der Waals surface area contributed by atoms with E-state index in [0.717, 1.165) is 39.0 Å². The van der Waals surface area contributed by atoms with Crippen LogP contribution in [0.25, 0.3) is 0 Å². The lowest BCUT2D eigenvalue weighted by Gasteiger charge is -2.12. The smallest absolute Gasteiger partial charge is 0.150 e. The minimum absolute atomic E-state index is 0.377. The van der Waals surface area contributed by atoms with Crippen LogP contribution in [-0.2, 0) is 14.6 Å². The molecule has 0 spiro atoms. The molecule has 2 aliphatic rings. The van der Waals surface area contributed by atoms with Crippen LogP contribution in [0.5, 0.6) is 0 Å². The van der Waals surface area contributed by atoms with Gasteiger partial charge in [-0.3, -0.25) is 0 Å². The quantitative estimate of drug-likeness (QED) is 0.722. The molecule has 2 rings (SSSR count). The van der Waals surface area contributed by atoms with E-state index in [2.05, 4.69) is 5.32 Å². The average Bonchev–Trinajstić information content (AvgIpc) is 2.82. The van der Waals surface area contributed by atoms with Crippen molar-refractivity contribution in [3.05, 3.63) is 0 Å². The van der Waals surface area contributed by atoms with Crippen molar-refractivity contribution in [1.82, 2.24) is 5.32 Å². The van der Waals surface area contributed by atoms with Gasteiger partial charge in [0.15, 0.2) is 9.84 Å². The largest absolute Gasteiger partial charge is 0.377 e. The molecule has 0 aliphatic carbocycles. The molecule has 1 N–H and O–H groups in total. The summed E-state index contributed by atoms with van der Waals surface area (Å²) in [6.45, 7) is 2.73. The number of hydrogen-bond acceptors (Lipinski definition) is 4. The fourth-order valence-electron chi connectivity index (χ4n) is 2.47. The lowest BCUT2D eigenvalue weighted by molar-refractivity contribution is 0.110. The Bertz CT molecular complexity index is 309. The highest BCUT2D eigenvalue weighted by Crippen LogP contribution is 2.20. The molecule has 0 aromatic carbocycles. The van der Waals surface area contributed by atoms with Crippen molar-refractivity contribution in [2.75, 3.05) is 31.2 Å². The predicted octanol–water partition coefficient (Wildman–Crippen LogP) is 0.580. The summed E-state index contributed by atoms with van der Waals surface area (Å²) in [6.07, 6.45) is 4.54. The number of hydrogen-bond donors (Lipinski definition) is 1. The predicted molar refractivity (Wildman–Crippen MR) is 63.2 cm³/mol. The fraction of sp³-hybridized carbons (Fsp3) is 1.00. The van der Waals surface area contributed by atoms with Gasteiger partial charge in [0.05, 0.1) is 17.6 Å². The summed E-state index contributed by atoms with van der Waals surface area (Å²) in [5.41, 5.74) is 0. The topological polar surface area (TPSA) is 55.4 Å². The molecule has 2 aliphatic heterocycles. The molecule has 4 nitrogen and oxygen atoms in total. The Labute approximate surface area is 97.7 Å². The molecular weight excluding hydrogens is 226 g/mol. The molecule has 0 amide bonds. The standard InChI is InChI=1S/C11H21NO3S/c13-16(14)7-4-10(9-16)3-5-12-8-11-2-1-6-15-11/h10-12H,1-9H2. The molecule has 0 bridgehead atoms. The van der Waals surface area contributed by atoms with Crippen molar-refractivity contribution >= 4 is 9.84 Å². The Balaban J connectivity index is 1.55. The zero-order chi connectivity index (χ0) is 11.4. The lowest BCUT2D eigenvalue weighted by atomic mass is 10.1. The molecule has 2 atom stereocenters. The number of nitrogens with one attached hydrogen (secondary N) is 1. The van der Waals surface area contributed by atoms with Crippen LogP contribution in [0, 0.1) is 5.92 Å². The summed E-state index contributed by atoms with van der Waals surface area (Å²) in [4.78, 5) is 0. The van der Waals surface area contributed by atoms with Gasteiger partial charge in [-0.1, -0.05) is 0 Å². The molecule has 2 saturated heterocycles. The highest BCUT2D eigenvalue weighted by molar-refractivity contribution is 7.91. The summed E-state index contributed by atoms with van der Waals surface area (Å²) in [5, 5.41) is 3.36. The molecule has 0 aromatic heterocycles. The first kappa shape index (κ1) is 12.3. The SMILES string of the molecule is O=S1(=O)CCC(CCNCC2CCCO2)C1. The third-order valence-corrected chi connectivity index (χ3v) is 5.29. The summed E-state index contributed by atoms with van der Waals surface area (Å²) in [7, 11) is -2.70. The van der Waals surface area contributed by atoms with E-state index in [9.17, 15) is 8.42 Å². The van der Waals surface area contributed by atoms with E-state index in [0.29, 0.717) is 23.5 Å². The molecule has 0 saturated carbocycles. The van der Waals surface area contributed by atoms with E-state index in [1.54, 1.807) is 0 Å². The fourth-order valence-corrected chi connectivity index (χ4v) is 4.38. The number of ether oxygens (including phenoxy) is 1. The van der Waals surface area contributed by atoms with Gasteiger partial charge >= 0.3 is 0 Å². The van der Waals surface area contributed by atoms with Crippen LogP contribution < -0.4 is 5.32 Å². The second-order valence-electron chi connectivity index (χ2n) is 4.90. The van der Waals surface area contributed by atoms with Gasteiger partial charge in [0, 0.05) is 13.2 Å². The lowest BCUT2D eigenvalue weighted by Crippen LogP contribution is -2.28. The molecule has 2 heterocycles. The first-order valence-corrected chi connectivity index (χ1v) is 8.00. The molecular formula is C11H21NO3S. The summed E-state index contributed by atoms with van der Waals surface area (Å²) < 4.78 is 28.0. The molecule has 16 heavy (non-hydrogen) atoms. The van der Waals surface area contributed by atoms with Gasteiger partial charge in [-0.25, -0.2) is 8.42 Å². The van der Waals surface area contributed by atoms with Gasteiger partial charge in [-0.2, -0.15) is 0 Å². The second-order valence-corrected chi connectivity index (χ2v) is 7.13. The number of rotatable bonds is 5. The van der Waals surface area contributed by atoms with E-state index in [-0.39, 0.29) is 0 Å². The van der Waals surface area contributed by atoms with Crippen molar-refractivity contribution in [2.24, 2.45) is 5.92 Å². The maximum absolute atomic E-state index is 11.2. The van der Waals surface area contributed by atoms with Crippen LogP contribution in [0.2, 0.25) is 0 Å². The van der Waals surface area contributed by atoms with Crippen molar-refractivity contribution < 1.29 is 13.2 Å². The normalized spacial score (nSPS) is 33.2. The summed E-state index contributed by atoms with van der Waals surface area (Å²) >= 11 is 0. The minimum atomic E-state index is -2.70. The maximum Gasteiger partial charge on any atom is 0.150 e. The molecule has 2 unspecified atom stereocenters. The minimum Gasteiger partial charge on any atom is -0.377 e. The summed E-state index contributed by atoms with van der Waals surface area (Å²) in [5.74, 6) is 1.17. The monoisotopic (exact) mass is 247 g/mol. The Morgan fingerprint density at radius 1 is 1.31 bits per heavy atom. The maximum atomic E-state index is 11.2. The summed E-state index contributed by atoms with van der Waals surface area (Å²) in [6, 6.07) is 0. The van der Waals surface area contributed by atoms with Crippen molar-refractivity contribution in [3.8, 4) is 0 Å². The van der Waals surface area contributed by atoms with E-state index in [1.165, 1.54) is 6.42 Å². The molecule has 5 heteroatoms. The van der Waals surface area contributed by atoms with Gasteiger partial charge in [0.25, 0.3) is 0 Å². The van der Waals surface area contributed by atoms with Gasteiger partial charge in [0.2, 0.25) is 0 Å². The zero-order valence-electron chi connectivity index (χ0n) is 9.65. The van der Waals surface area contributed by atoms with E-state index < -0.39 is 9.84 Å². The van der Waals surface area contributed by atoms with Gasteiger partial charge in [-0.15, -0.1) is 0 Å². The van der Waals surface area contributed by atoms with Crippen LogP contribution in [-0.4, -0.2) is 45.7 Å². The third-order valence-electron chi connectivity index (χ3n) is 3.45. The third kappa shape index (κ3) is 3.71. The van der Waals surface area contributed by atoms with Crippen LogP contribution >= 0.6 is 0 Å². The second kappa shape index (κ2) is 5.47. The number of sulfone groups is 1. The average molecular weight is 247 g/mol. The molecule has 2 fully saturated rings. The highest BCUT2D eigenvalue weighted by atomic mass is 32.2. The first-order valence-electron chi connectivity index (χ1n) is 6.18. The van der Waals surface area contributed by atoms with Gasteiger partial charge < -0.3 is 10.1 Å². The van der Waals surface area contributed by atoms with Crippen molar-refractivity contribution in [2.45, 2.75) is 31.8 Å². The Morgan fingerprint density at radius 2 is 2.19 bits per heavy atom. The van der Waals surface area contributed by atoms with Crippen molar-refractivity contribution in [3.63, 3.8) is 0 Å². The van der Waals surface area contributed by atoms with Crippen LogP contribution in [0.1, 0.15) is 25.7 Å². The Kier molecular flexibility index (Phi) is 4.21. The first-order chi connectivity index (χ1) is 7.66. The van der Waals surface area contributed by atoms with Gasteiger partial charge in [-0.05, 0) is 38.1 Å². The van der Waals surface area contributed by atoms with Crippen LogP contribution in [0.15, 0.2) is 0 Å².